The lowest BCUT2D eigenvalue weighted by atomic mass is 10.1. The van der Waals surface area contributed by atoms with E-state index in [1.165, 1.54) is 25.9 Å². The van der Waals surface area contributed by atoms with Crippen LogP contribution in [0.2, 0.25) is 0 Å². The lowest BCUT2D eigenvalue weighted by Gasteiger charge is -2.27. The van der Waals surface area contributed by atoms with E-state index in [9.17, 15) is 0 Å². The molecule has 2 aliphatic heterocycles. The maximum Gasteiger partial charge on any atom is 0.226 e. The molecule has 0 N–H and O–H groups in total. The molecule has 0 saturated carbocycles. The lowest BCUT2D eigenvalue weighted by Crippen LogP contribution is -2.37. The largest absolute Gasteiger partial charge is 0.493 e. The van der Waals surface area contributed by atoms with E-state index < -0.39 is 0 Å². The molecule has 28 heavy (non-hydrogen) atoms. The Morgan fingerprint density at radius 2 is 1.82 bits per heavy atom. The van der Waals surface area contributed by atoms with Crippen LogP contribution in [0.15, 0.2) is 12.1 Å². The Kier molecular flexibility index (Phi) is 6.12. The second-order valence-corrected chi connectivity index (χ2v) is 7.48. The molecule has 0 amide bonds. The number of aryl methyl sites for hydroxylation is 1. The molecular formula is C21H30N4O3. The molecule has 0 unspecified atom stereocenters. The molecule has 2 fully saturated rings. The normalized spacial score (nSPS) is 18.0. The van der Waals surface area contributed by atoms with Crippen molar-refractivity contribution in [2.45, 2.75) is 26.2 Å². The van der Waals surface area contributed by atoms with Crippen molar-refractivity contribution < 1.29 is 14.2 Å². The van der Waals surface area contributed by atoms with Gasteiger partial charge in [-0.15, -0.1) is 0 Å². The second kappa shape index (κ2) is 8.92. The Morgan fingerprint density at radius 3 is 2.57 bits per heavy atom. The van der Waals surface area contributed by atoms with Crippen molar-refractivity contribution >= 4 is 16.9 Å². The van der Waals surface area contributed by atoms with Gasteiger partial charge in [-0.2, -0.15) is 0 Å². The Bertz CT molecular complexity index is 802. The Labute approximate surface area is 166 Å². The van der Waals surface area contributed by atoms with Gasteiger partial charge in [0.15, 0.2) is 11.5 Å². The first-order chi connectivity index (χ1) is 13.7. The zero-order chi connectivity index (χ0) is 19.3. The third kappa shape index (κ3) is 4.31. The van der Waals surface area contributed by atoms with Crippen molar-refractivity contribution in [2.75, 3.05) is 64.6 Å². The summed E-state index contributed by atoms with van der Waals surface area (Å²) in [6.07, 6.45) is 3.66. The van der Waals surface area contributed by atoms with Crippen molar-refractivity contribution in [2.24, 2.45) is 0 Å². The average molecular weight is 386 g/mol. The van der Waals surface area contributed by atoms with Crippen LogP contribution in [0.3, 0.4) is 0 Å². The highest BCUT2D eigenvalue weighted by Gasteiger charge is 2.17. The quantitative estimate of drug-likeness (QED) is 0.678. The van der Waals surface area contributed by atoms with E-state index in [4.69, 9.17) is 24.2 Å². The van der Waals surface area contributed by atoms with Crippen LogP contribution in [0.25, 0.3) is 10.9 Å². The van der Waals surface area contributed by atoms with Gasteiger partial charge < -0.3 is 24.0 Å². The zero-order valence-corrected chi connectivity index (χ0v) is 16.9. The molecule has 0 spiro atoms. The molecule has 2 aliphatic rings. The Hall–Kier alpha value is -2.12. The zero-order valence-electron chi connectivity index (χ0n) is 16.9. The summed E-state index contributed by atoms with van der Waals surface area (Å²) in [5, 5.41) is 0.998. The Balaban J connectivity index is 1.51. The van der Waals surface area contributed by atoms with Crippen LogP contribution in [0, 0.1) is 6.92 Å². The molecule has 1 aromatic carbocycles. The molecule has 4 rings (SSSR count). The first kappa shape index (κ1) is 19.2. The monoisotopic (exact) mass is 386 g/mol. The van der Waals surface area contributed by atoms with E-state index >= 15 is 0 Å². The van der Waals surface area contributed by atoms with Crippen molar-refractivity contribution in [1.29, 1.82) is 0 Å². The molecule has 7 nitrogen and oxygen atoms in total. The highest BCUT2D eigenvalue weighted by Crippen LogP contribution is 2.33. The number of hydrogen-bond acceptors (Lipinski definition) is 7. The summed E-state index contributed by atoms with van der Waals surface area (Å²) >= 11 is 0. The molecule has 0 radical (unpaired) electrons. The van der Waals surface area contributed by atoms with Gasteiger partial charge >= 0.3 is 0 Å². The molecule has 3 heterocycles. The molecule has 0 aliphatic carbocycles. The van der Waals surface area contributed by atoms with Crippen LogP contribution < -0.4 is 14.4 Å². The van der Waals surface area contributed by atoms with Crippen LogP contribution in [-0.4, -0.2) is 74.5 Å². The van der Waals surface area contributed by atoms with Gasteiger partial charge in [0.1, 0.15) is 0 Å². The minimum Gasteiger partial charge on any atom is -0.493 e. The van der Waals surface area contributed by atoms with Gasteiger partial charge in [0, 0.05) is 31.1 Å². The van der Waals surface area contributed by atoms with Crippen molar-refractivity contribution in [3.63, 3.8) is 0 Å². The number of nitrogens with zero attached hydrogens (tertiary/aromatic N) is 4. The number of aromatic nitrogens is 2. The molecular weight excluding hydrogens is 356 g/mol. The Morgan fingerprint density at radius 1 is 1.04 bits per heavy atom. The van der Waals surface area contributed by atoms with Crippen molar-refractivity contribution in [3.05, 3.63) is 17.8 Å². The molecule has 2 saturated heterocycles. The molecule has 2 aromatic rings. The summed E-state index contributed by atoms with van der Waals surface area (Å²) in [5.41, 5.74) is 1.84. The van der Waals surface area contributed by atoms with Gasteiger partial charge in [0.25, 0.3) is 0 Å². The molecule has 0 atom stereocenters. The maximum absolute atomic E-state index is 6.08. The lowest BCUT2D eigenvalue weighted by molar-refractivity contribution is 0.122. The molecule has 7 heteroatoms. The maximum atomic E-state index is 6.08. The van der Waals surface area contributed by atoms with E-state index in [0.717, 1.165) is 60.1 Å². The number of hydrogen-bond donors (Lipinski definition) is 0. The third-order valence-corrected chi connectivity index (χ3v) is 5.53. The topological polar surface area (TPSA) is 60.0 Å². The van der Waals surface area contributed by atoms with Gasteiger partial charge in [0.05, 0.1) is 38.1 Å². The molecule has 1 aromatic heterocycles. The smallest absolute Gasteiger partial charge is 0.226 e. The number of likely N-dealkylation sites (tertiary alicyclic amines) is 1. The van der Waals surface area contributed by atoms with Crippen molar-refractivity contribution in [3.8, 4) is 11.5 Å². The summed E-state index contributed by atoms with van der Waals surface area (Å²) in [7, 11) is 1.68. The first-order valence-electron chi connectivity index (χ1n) is 10.3. The predicted molar refractivity (Wildman–Crippen MR) is 110 cm³/mol. The highest BCUT2D eigenvalue weighted by atomic mass is 16.5. The second-order valence-electron chi connectivity index (χ2n) is 7.48. The van der Waals surface area contributed by atoms with E-state index in [0.29, 0.717) is 19.8 Å². The van der Waals surface area contributed by atoms with Crippen LogP contribution in [0.1, 0.15) is 25.0 Å². The fourth-order valence-electron chi connectivity index (χ4n) is 3.93. The average Bonchev–Trinajstić information content (AvgIpc) is 3.25. The van der Waals surface area contributed by atoms with E-state index in [1.54, 1.807) is 7.11 Å². The van der Waals surface area contributed by atoms with Crippen LogP contribution in [0.5, 0.6) is 11.5 Å². The number of rotatable bonds is 7. The first-order valence-corrected chi connectivity index (χ1v) is 10.3. The van der Waals surface area contributed by atoms with Crippen LogP contribution >= 0.6 is 0 Å². The SMILES string of the molecule is COc1cc2c(C)nc(N3CCOCC3)nc2cc1OCCCN1CCCC1. The minimum absolute atomic E-state index is 0.679. The standard InChI is InChI=1S/C21H30N4O3/c1-16-17-14-19(26-2)20(28-11-5-8-24-6-3-4-7-24)15-18(17)23-21(22-16)25-9-12-27-13-10-25/h14-15H,3-13H2,1-2H3. The molecule has 0 bridgehead atoms. The summed E-state index contributed by atoms with van der Waals surface area (Å²) in [6, 6.07) is 3.98. The number of morpholine rings is 1. The number of anilines is 1. The fraction of sp³-hybridized carbons (Fsp3) is 0.619. The van der Waals surface area contributed by atoms with Gasteiger partial charge in [-0.25, -0.2) is 9.97 Å². The summed E-state index contributed by atoms with van der Waals surface area (Å²) < 4.78 is 17.1. The van der Waals surface area contributed by atoms with Gasteiger partial charge in [-0.05, 0) is 45.3 Å². The number of benzene rings is 1. The third-order valence-electron chi connectivity index (χ3n) is 5.53. The van der Waals surface area contributed by atoms with Crippen LogP contribution in [0.4, 0.5) is 5.95 Å². The number of ether oxygens (including phenoxy) is 3. The fourth-order valence-corrected chi connectivity index (χ4v) is 3.93. The summed E-state index contributed by atoms with van der Waals surface area (Å²) in [6.45, 7) is 9.31. The van der Waals surface area contributed by atoms with E-state index in [-0.39, 0.29) is 0 Å². The van der Waals surface area contributed by atoms with E-state index in [2.05, 4.69) is 9.80 Å². The molecule has 152 valence electrons. The summed E-state index contributed by atoms with van der Waals surface area (Å²) in [5.74, 6) is 2.25. The van der Waals surface area contributed by atoms with Crippen molar-refractivity contribution in [1.82, 2.24) is 14.9 Å². The van der Waals surface area contributed by atoms with E-state index in [1.807, 2.05) is 19.1 Å². The minimum atomic E-state index is 0.679. The number of methoxy groups -OCH3 is 1. The van der Waals surface area contributed by atoms with Crippen LogP contribution in [-0.2, 0) is 4.74 Å². The van der Waals surface area contributed by atoms with Gasteiger partial charge in [-0.3, -0.25) is 0 Å². The van der Waals surface area contributed by atoms with Gasteiger partial charge in [0.2, 0.25) is 5.95 Å². The highest BCUT2D eigenvalue weighted by molar-refractivity contribution is 5.85. The van der Waals surface area contributed by atoms with Gasteiger partial charge in [-0.1, -0.05) is 0 Å². The summed E-state index contributed by atoms with van der Waals surface area (Å²) in [4.78, 5) is 14.2. The number of fused-ring (bicyclic) bond motifs is 1. The predicted octanol–water partition coefficient (Wildman–Crippen LogP) is 2.65.